The summed E-state index contributed by atoms with van der Waals surface area (Å²) in [5.41, 5.74) is 2.28. The molecule has 0 aromatic heterocycles. The Labute approximate surface area is 187 Å². The Kier molecular flexibility index (Phi) is 11.1. The lowest BCUT2D eigenvalue weighted by Crippen LogP contribution is -2.35. The first-order valence-corrected chi connectivity index (χ1v) is 11.1. The van der Waals surface area contributed by atoms with Crippen LogP contribution in [0, 0.1) is 11.3 Å². The van der Waals surface area contributed by atoms with Gasteiger partial charge in [0, 0.05) is 31.1 Å². The van der Waals surface area contributed by atoms with Gasteiger partial charge >= 0.3 is 5.97 Å². The summed E-state index contributed by atoms with van der Waals surface area (Å²) in [7, 11) is 1.55. The molecule has 5 heteroatoms. The van der Waals surface area contributed by atoms with Gasteiger partial charge in [0.1, 0.15) is 6.10 Å². The van der Waals surface area contributed by atoms with Crippen LogP contribution in [0.25, 0.3) is 0 Å². The number of aliphatic hydroxyl groups excluding tert-OH is 1. The predicted octanol–water partition coefficient (Wildman–Crippen LogP) is 5.11. The molecule has 1 rings (SSSR count). The first kappa shape index (κ1) is 27.1. The summed E-state index contributed by atoms with van der Waals surface area (Å²) in [6, 6.07) is 0. The molecule has 0 aromatic carbocycles. The van der Waals surface area contributed by atoms with Crippen molar-refractivity contribution in [3.63, 3.8) is 0 Å². The third-order valence-electron chi connectivity index (χ3n) is 5.75. The summed E-state index contributed by atoms with van der Waals surface area (Å²) in [6.07, 6.45) is 11.1. The largest absolute Gasteiger partial charge is 0.455 e. The van der Waals surface area contributed by atoms with Gasteiger partial charge in [-0.1, -0.05) is 43.2 Å². The number of hydrogen-bond acceptors (Lipinski definition) is 5. The Hall–Kier alpha value is -1.98. The maximum atomic E-state index is 12.8. The van der Waals surface area contributed by atoms with E-state index in [-0.39, 0.29) is 30.1 Å². The number of hydrogen-bond donors (Lipinski definition) is 1. The fraction of sp³-hybridized carbons (Fsp3) is 0.615. The number of rotatable bonds is 7. The van der Waals surface area contributed by atoms with Crippen LogP contribution in [0.3, 0.4) is 0 Å². The zero-order valence-corrected chi connectivity index (χ0v) is 20.2. The number of ether oxygens (including phenoxy) is 2. The molecule has 0 unspecified atom stereocenters. The zero-order chi connectivity index (χ0) is 23.6. The van der Waals surface area contributed by atoms with E-state index in [4.69, 9.17) is 9.47 Å². The Morgan fingerprint density at radius 2 is 1.94 bits per heavy atom. The van der Waals surface area contributed by atoms with Crippen molar-refractivity contribution in [2.45, 2.75) is 79.4 Å². The quantitative estimate of drug-likeness (QED) is 0.344. The van der Waals surface area contributed by atoms with Crippen LogP contribution in [0.15, 0.2) is 47.1 Å². The van der Waals surface area contributed by atoms with Crippen molar-refractivity contribution in [3.8, 4) is 0 Å². The molecule has 5 nitrogen and oxygen atoms in total. The molecule has 0 saturated carbocycles. The van der Waals surface area contributed by atoms with Crippen molar-refractivity contribution in [2.75, 3.05) is 13.7 Å². The molecular formula is C26H40O5. The second-order valence-corrected chi connectivity index (χ2v) is 9.31. The van der Waals surface area contributed by atoms with Crippen LogP contribution in [0.1, 0.15) is 67.2 Å². The Bertz CT molecular complexity index is 735. The fourth-order valence-electron chi connectivity index (χ4n) is 3.63. The number of aliphatic hydroxyl groups is 1. The molecule has 0 fully saturated rings. The minimum atomic E-state index is -0.528. The van der Waals surface area contributed by atoms with Crippen LogP contribution >= 0.6 is 0 Å². The van der Waals surface area contributed by atoms with Crippen molar-refractivity contribution < 1.29 is 24.2 Å². The highest BCUT2D eigenvalue weighted by Crippen LogP contribution is 2.33. The number of carbonyl (C=O) groups is 2. The molecule has 174 valence electrons. The summed E-state index contributed by atoms with van der Waals surface area (Å²) in [5.74, 6) is -0.776. The average molecular weight is 433 g/mol. The van der Waals surface area contributed by atoms with Crippen LogP contribution < -0.4 is 0 Å². The van der Waals surface area contributed by atoms with Crippen LogP contribution in [0.4, 0.5) is 0 Å². The normalized spacial score (nSPS) is 29.7. The third-order valence-corrected chi connectivity index (χ3v) is 5.75. The maximum Gasteiger partial charge on any atom is 0.331 e. The second kappa shape index (κ2) is 12.8. The summed E-state index contributed by atoms with van der Waals surface area (Å²) < 4.78 is 11.4. The number of Topliss-reactive ketones (excluding diaryl/α,β-unsaturated/α-hetero) is 1. The lowest BCUT2D eigenvalue weighted by atomic mass is 9.80. The third kappa shape index (κ3) is 9.36. The van der Waals surface area contributed by atoms with Crippen LogP contribution in [0.2, 0.25) is 0 Å². The van der Waals surface area contributed by atoms with Gasteiger partial charge in [-0.2, -0.15) is 0 Å². The van der Waals surface area contributed by atoms with E-state index in [1.54, 1.807) is 7.11 Å². The van der Waals surface area contributed by atoms with Gasteiger partial charge in [-0.3, -0.25) is 4.79 Å². The lowest BCUT2D eigenvalue weighted by molar-refractivity contribution is -0.145. The van der Waals surface area contributed by atoms with Crippen LogP contribution in [-0.2, 0) is 19.1 Å². The van der Waals surface area contributed by atoms with Crippen molar-refractivity contribution >= 4 is 11.8 Å². The maximum absolute atomic E-state index is 12.8. The number of ketones is 1. The zero-order valence-electron chi connectivity index (χ0n) is 20.2. The molecule has 0 aromatic rings. The molecule has 1 aliphatic rings. The van der Waals surface area contributed by atoms with Crippen LogP contribution in [-0.4, -0.2) is 42.8 Å². The van der Waals surface area contributed by atoms with Gasteiger partial charge in [-0.25, -0.2) is 4.79 Å². The molecular weight excluding hydrogens is 392 g/mol. The van der Waals surface area contributed by atoms with E-state index >= 15 is 0 Å². The Morgan fingerprint density at radius 3 is 2.48 bits per heavy atom. The highest BCUT2D eigenvalue weighted by Gasteiger charge is 2.31. The molecule has 4 atom stereocenters. The molecule has 0 heterocycles. The molecule has 1 N–H and O–H groups in total. The second-order valence-electron chi connectivity index (χ2n) is 9.31. The SMILES string of the molecule is CO[C@@H]1CC(=O)/C(CO)=C\C[C@](C)(CCC=C(C)C)/C=C/[C@@H](OC(=O)C=C(C)C)[C@H]1C. The van der Waals surface area contributed by atoms with Crippen LogP contribution in [0.5, 0.6) is 0 Å². The highest BCUT2D eigenvalue weighted by atomic mass is 16.5. The standard InChI is InChI=1S/C26H40O5/c1-18(2)9-8-12-26(6)13-10-21(17-27)22(28)16-24(30-7)20(5)23(11-14-26)31-25(29)15-19(3)4/h9-11,14-15,20,23-24,27H,8,12-13,16-17H2,1-7H3/b14-11+,21-10-/t20-,23-,24-,26+/m1/s1. The van der Waals surface area contributed by atoms with Gasteiger partial charge in [-0.15, -0.1) is 0 Å². The van der Waals surface area contributed by atoms with Crippen molar-refractivity contribution in [3.05, 3.63) is 47.1 Å². The van der Waals surface area contributed by atoms with E-state index in [0.29, 0.717) is 12.0 Å². The summed E-state index contributed by atoms with van der Waals surface area (Å²) in [4.78, 5) is 25.2. The molecule has 0 aliphatic heterocycles. The Morgan fingerprint density at radius 1 is 1.26 bits per heavy atom. The van der Waals surface area contributed by atoms with Gasteiger partial charge < -0.3 is 14.6 Å². The van der Waals surface area contributed by atoms with E-state index in [1.807, 2.05) is 32.9 Å². The predicted molar refractivity (Wildman–Crippen MR) is 125 cm³/mol. The van der Waals surface area contributed by atoms with Gasteiger partial charge in [0.05, 0.1) is 12.7 Å². The smallest absolute Gasteiger partial charge is 0.331 e. The lowest BCUT2D eigenvalue weighted by Gasteiger charge is -2.29. The molecule has 0 amide bonds. The van der Waals surface area contributed by atoms with Crippen molar-refractivity contribution in [1.82, 2.24) is 0 Å². The molecule has 0 saturated heterocycles. The monoisotopic (exact) mass is 432 g/mol. The minimum absolute atomic E-state index is 0.128. The molecule has 0 bridgehead atoms. The van der Waals surface area contributed by atoms with Gasteiger partial charge in [-0.05, 0) is 58.4 Å². The van der Waals surface area contributed by atoms with Crippen molar-refractivity contribution in [2.24, 2.45) is 11.3 Å². The fourth-order valence-corrected chi connectivity index (χ4v) is 3.63. The number of methoxy groups -OCH3 is 1. The number of carbonyl (C=O) groups excluding carboxylic acids is 2. The van der Waals surface area contributed by atoms with Gasteiger partial charge in [0.25, 0.3) is 0 Å². The molecule has 31 heavy (non-hydrogen) atoms. The van der Waals surface area contributed by atoms with E-state index < -0.39 is 18.2 Å². The Balaban J connectivity index is 3.35. The van der Waals surface area contributed by atoms with Gasteiger partial charge in [0.2, 0.25) is 0 Å². The molecule has 0 radical (unpaired) electrons. The van der Waals surface area contributed by atoms with Crippen molar-refractivity contribution in [1.29, 1.82) is 0 Å². The van der Waals surface area contributed by atoms with E-state index in [0.717, 1.165) is 18.4 Å². The summed E-state index contributed by atoms with van der Waals surface area (Å²) in [5, 5.41) is 9.78. The summed E-state index contributed by atoms with van der Waals surface area (Å²) >= 11 is 0. The van der Waals surface area contributed by atoms with Gasteiger partial charge in [0.15, 0.2) is 5.78 Å². The highest BCUT2D eigenvalue weighted by molar-refractivity contribution is 5.95. The first-order valence-electron chi connectivity index (χ1n) is 11.1. The summed E-state index contributed by atoms with van der Waals surface area (Å²) in [6.45, 7) is 11.6. The molecule has 0 spiro atoms. The molecule has 1 aliphatic carbocycles. The topological polar surface area (TPSA) is 72.8 Å². The number of esters is 1. The average Bonchev–Trinajstić information content (AvgIpc) is 2.69. The minimum Gasteiger partial charge on any atom is -0.455 e. The van der Waals surface area contributed by atoms with E-state index in [1.165, 1.54) is 11.6 Å². The first-order chi connectivity index (χ1) is 14.5. The van der Waals surface area contributed by atoms with E-state index in [9.17, 15) is 14.7 Å². The van der Waals surface area contributed by atoms with E-state index in [2.05, 4.69) is 32.9 Å². The number of allylic oxidation sites excluding steroid dienone is 5.